The first-order valence-corrected chi connectivity index (χ1v) is 8.82. The van der Waals surface area contributed by atoms with Crippen molar-refractivity contribution in [2.24, 2.45) is 17.3 Å². The predicted octanol–water partition coefficient (Wildman–Crippen LogP) is 4.17. The van der Waals surface area contributed by atoms with Crippen LogP contribution in [0.5, 0.6) is 0 Å². The van der Waals surface area contributed by atoms with Gasteiger partial charge in [0, 0.05) is 19.0 Å². The van der Waals surface area contributed by atoms with Crippen molar-refractivity contribution in [3.05, 3.63) is 0 Å². The highest BCUT2D eigenvalue weighted by Crippen LogP contribution is 2.39. The van der Waals surface area contributed by atoms with Crippen molar-refractivity contribution < 1.29 is 9.90 Å². The Labute approximate surface area is 130 Å². The molecular weight excluding hydrogens is 262 g/mol. The lowest BCUT2D eigenvalue weighted by Crippen LogP contribution is -2.45. The summed E-state index contributed by atoms with van der Waals surface area (Å²) in [4.78, 5) is 13.4. The molecule has 0 aromatic carbocycles. The van der Waals surface area contributed by atoms with E-state index in [2.05, 4.69) is 25.7 Å². The topological polar surface area (TPSA) is 40.5 Å². The highest BCUT2D eigenvalue weighted by molar-refractivity contribution is 5.66. The lowest BCUT2D eigenvalue weighted by atomic mass is 9.71. The molecule has 0 spiro atoms. The van der Waals surface area contributed by atoms with Crippen LogP contribution in [0.25, 0.3) is 0 Å². The van der Waals surface area contributed by atoms with Gasteiger partial charge in [-0.25, -0.2) is 0 Å². The molecule has 3 nitrogen and oxygen atoms in total. The molecule has 21 heavy (non-hydrogen) atoms. The van der Waals surface area contributed by atoms with E-state index in [-0.39, 0.29) is 0 Å². The van der Waals surface area contributed by atoms with E-state index in [1.165, 1.54) is 45.1 Å². The summed E-state index contributed by atoms with van der Waals surface area (Å²) in [6.07, 6.45) is 9.10. The van der Waals surface area contributed by atoms with Gasteiger partial charge < -0.3 is 10.0 Å². The quantitative estimate of drug-likeness (QED) is 0.846. The molecule has 1 atom stereocenters. The number of nitrogens with zero attached hydrogens (tertiary/aromatic N) is 1. The molecule has 122 valence electrons. The summed E-state index contributed by atoms with van der Waals surface area (Å²) < 4.78 is 0. The maximum absolute atomic E-state index is 10.7. The second kappa shape index (κ2) is 7.13. The second-order valence-corrected chi connectivity index (χ2v) is 8.31. The fourth-order valence-electron chi connectivity index (χ4n) is 4.30. The Balaban J connectivity index is 1.79. The molecule has 0 amide bonds. The van der Waals surface area contributed by atoms with E-state index in [4.69, 9.17) is 5.11 Å². The van der Waals surface area contributed by atoms with Crippen LogP contribution in [0.2, 0.25) is 0 Å². The Bertz CT molecular complexity index is 340. The van der Waals surface area contributed by atoms with E-state index in [9.17, 15) is 4.79 Å². The zero-order chi connectivity index (χ0) is 15.5. The Kier molecular flexibility index (Phi) is 5.70. The molecule has 2 fully saturated rings. The maximum atomic E-state index is 10.7. The first-order valence-electron chi connectivity index (χ1n) is 8.82. The second-order valence-electron chi connectivity index (χ2n) is 8.31. The van der Waals surface area contributed by atoms with Crippen molar-refractivity contribution in [3.8, 4) is 0 Å². The fraction of sp³-hybridized carbons (Fsp3) is 0.944. The van der Waals surface area contributed by atoms with E-state index in [0.717, 1.165) is 24.9 Å². The van der Waals surface area contributed by atoms with E-state index < -0.39 is 5.97 Å². The number of carbonyl (C=O) groups is 1. The van der Waals surface area contributed by atoms with Crippen molar-refractivity contribution in [2.75, 3.05) is 13.1 Å². The summed E-state index contributed by atoms with van der Waals surface area (Å²) in [5.74, 6) is 0.842. The van der Waals surface area contributed by atoms with E-state index in [1.54, 1.807) is 0 Å². The number of likely N-dealkylation sites (tertiary alicyclic amines) is 1. The van der Waals surface area contributed by atoms with Crippen LogP contribution >= 0.6 is 0 Å². The molecule has 0 aromatic rings. The molecule has 1 N–H and O–H groups in total. The largest absolute Gasteiger partial charge is 0.481 e. The Morgan fingerprint density at radius 3 is 2.38 bits per heavy atom. The van der Waals surface area contributed by atoms with Crippen molar-refractivity contribution >= 4 is 5.97 Å². The monoisotopic (exact) mass is 295 g/mol. The minimum absolute atomic E-state index is 0.343. The van der Waals surface area contributed by atoms with Gasteiger partial charge in [-0.3, -0.25) is 4.79 Å². The van der Waals surface area contributed by atoms with Gasteiger partial charge in [-0.2, -0.15) is 0 Å². The van der Waals surface area contributed by atoms with Gasteiger partial charge in [-0.15, -0.1) is 0 Å². The lowest BCUT2D eigenvalue weighted by molar-refractivity contribution is -0.137. The molecule has 1 unspecified atom stereocenters. The van der Waals surface area contributed by atoms with Gasteiger partial charge in [0.1, 0.15) is 0 Å². The standard InChI is InChI=1S/C18H33NO2/c1-18(2,3)15-7-9-16(10-8-15)19-12-4-5-14(13-19)6-11-17(20)21/h14-16H,4-13H2,1-3H3,(H,20,21). The van der Waals surface area contributed by atoms with Crippen LogP contribution in [0.4, 0.5) is 0 Å². The third kappa shape index (κ3) is 4.98. The lowest BCUT2D eigenvalue weighted by Gasteiger charge is -2.44. The Morgan fingerprint density at radius 2 is 1.81 bits per heavy atom. The van der Waals surface area contributed by atoms with Gasteiger partial charge in [-0.05, 0) is 68.7 Å². The molecule has 0 radical (unpaired) electrons. The summed E-state index contributed by atoms with van der Waals surface area (Å²) in [5.41, 5.74) is 0.455. The van der Waals surface area contributed by atoms with Crippen LogP contribution < -0.4 is 0 Å². The Hall–Kier alpha value is -0.570. The highest BCUT2D eigenvalue weighted by atomic mass is 16.4. The molecule has 1 heterocycles. The number of piperidine rings is 1. The SMILES string of the molecule is CC(C)(C)C1CCC(N2CCCC(CCC(=O)O)C2)CC1. The van der Waals surface area contributed by atoms with Gasteiger partial charge >= 0.3 is 5.97 Å². The normalized spacial score (nSPS) is 32.0. The fourth-order valence-corrected chi connectivity index (χ4v) is 4.30. The number of carboxylic acids is 1. The number of hydrogen-bond donors (Lipinski definition) is 1. The summed E-state index contributed by atoms with van der Waals surface area (Å²) in [5, 5.41) is 8.85. The molecule has 1 aliphatic heterocycles. The van der Waals surface area contributed by atoms with Crippen molar-refractivity contribution in [2.45, 2.75) is 78.2 Å². The average molecular weight is 295 g/mol. The van der Waals surface area contributed by atoms with Crippen LogP contribution in [0, 0.1) is 17.3 Å². The number of aliphatic carboxylic acids is 1. The van der Waals surface area contributed by atoms with Crippen molar-refractivity contribution in [1.29, 1.82) is 0 Å². The average Bonchev–Trinajstić information content (AvgIpc) is 2.45. The Morgan fingerprint density at radius 1 is 1.14 bits per heavy atom. The highest BCUT2D eigenvalue weighted by Gasteiger charge is 2.33. The minimum atomic E-state index is -0.641. The zero-order valence-electron chi connectivity index (χ0n) is 14.1. The molecule has 1 saturated carbocycles. The van der Waals surface area contributed by atoms with Gasteiger partial charge in [0.05, 0.1) is 0 Å². The van der Waals surface area contributed by atoms with Crippen LogP contribution in [0.1, 0.15) is 72.1 Å². The molecule has 2 aliphatic rings. The summed E-state index contributed by atoms with van der Waals surface area (Å²) in [6, 6.07) is 0.760. The number of carboxylic acid groups (broad SMARTS) is 1. The first kappa shape index (κ1) is 16.8. The van der Waals surface area contributed by atoms with Gasteiger partial charge in [0.15, 0.2) is 0 Å². The molecule has 2 rings (SSSR count). The maximum Gasteiger partial charge on any atom is 0.303 e. The van der Waals surface area contributed by atoms with Crippen LogP contribution in [0.15, 0.2) is 0 Å². The van der Waals surface area contributed by atoms with Gasteiger partial charge in [-0.1, -0.05) is 20.8 Å². The zero-order valence-corrected chi connectivity index (χ0v) is 14.1. The van der Waals surface area contributed by atoms with Crippen LogP contribution in [0.3, 0.4) is 0 Å². The first-order chi connectivity index (χ1) is 9.86. The summed E-state index contributed by atoms with van der Waals surface area (Å²) in [7, 11) is 0. The molecule has 0 bridgehead atoms. The van der Waals surface area contributed by atoms with E-state index >= 15 is 0 Å². The van der Waals surface area contributed by atoms with Crippen LogP contribution in [-0.2, 0) is 4.79 Å². The van der Waals surface area contributed by atoms with E-state index in [0.29, 0.717) is 17.8 Å². The summed E-state index contributed by atoms with van der Waals surface area (Å²) in [6.45, 7) is 9.50. The minimum Gasteiger partial charge on any atom is -0.481 e. The van der Waals surface area contributed by atoms with Crippen molar-refractivity contribution in [3.63, 3.8) is 0 Å². The molecule has 1 aliphatic carbocycles. The van der Waals surface area contributed by atoms with Crippen LogP contribution in [-0.4, -0.2) is 35.1 Å². The summed E-state index contributed by atoms with van der Waals surface area (Å²) >= 11 is 0. The number of rotatable bonds is 4. The smallest absolute Gasteiger partial charge is 0.303 e. The molecule has 0 aromatic heterocycles. The predicted molar refractivity (Wildman–Crippen MR) is 86.4 cm³/mol. The molecule has 3 heteroatoms. The van der Waals surface area contributed by atoms with E-state index in [1.807, 2.05) is 0 Å². The number of hydrogen-bond acceptors (Lipinski definition) is 2. The van der Waals surface area contributed by atoms with Crippen molar-refractivity contribution in [1.82, 2.24) is 4.90 Å². The molecular formula is C18H33NO2. The third-order valence-corrected chi connectivity index (χ3v) is 5.75. The molecule has 1 saturated heterocycles. The van der Waals surface area contributed by atoms with Gasteiger partial charge in [0.2, 0.25) is 0 Å². The third-order valence-electron chi connectivity index (χ3n) is 5.75. The van der Waals surface area contributed by atoms with Gasteiger partial charge in [0.25, 0.3) is 0 Å².